The first-order valence-corrected chi connectivity index (χ1v) is 7.62. The first-order valence-electron chi connectivity index (χ1n) is 6.21. The minimum Gasteiger partial charge on any atom is -0.373 e. The molecule has 19 heavy (non-hydrogen) atoms. The van der Waals surface area contributed by atoms with Gasteiger partial charge in [0, 0.05) is 5.92 Å². The second kappa shape index (κ2) is 5.86. The highest BCUT2D eigenvalue weighted by Crippen LogP contribution is 2.25. The van der Waals surface area contributed by atoms with Crippen molar-refractivity contribution >= 4 is 10.1 Å². The zero-order chi connectivity index (χ0) is 13.9. The molecule has 1 aromatic rings. The van der Waals surface area contributed by atoms with E-state index in [1.54, 1.807) is 30.3 Å². The highest BCUT2D eigenvalue weighted by Gasteiger charge is 2.33. The van der Waals surface area contributed by atoms with Gasteiger partial charge < -0.3 is 4.74 Å². The standard InChI is InChI=1S/C14H18O4S/c1-3-4-12(14-10-17-14)9-18-19(15,16)13-7-5-11(2)6-8-13/h3,5-8,12,14H,1,4,9-10H2,2H3/t12-,14-/m0/s1. The largest absolute Gasteiger partial charge is 0.373 e. The lowest BCUT2D eigenvalue weighted by Gasteiger charge is -2.12. The summed E-state index contributed by atoms with van der Waals surface area (Å²) in [5, 5.41) is 0. The smallest absolute Gasteiger partial charge is 0.296 e. The third-order valence-corrected chi connectivity index (χ3v) is 4.40. The van der Waals surface area contributed by atoms with Crippen molar-refractivity contribution < 1.29 is 17.3 Å². The Labute approximate surface area is 114 Å². The van der Waals surface area contributed by atoms with Gasteiger partial charge in [-0.05, 0) is 25.5 Å². The van der Waals surface area contributed by atoms with Gasteiger partial charge in [0.05, 0.1) is 24.2 Å². The van der Waals surface area contributed by atoms with Gasteiger partial charge >= 0.3 is 0 Å². The monoisotopic (exact) mass is 282 g/mol. The first kappa shape index (κ1) is 14.2. The van der Waals surface area contributed by atoms with Crippen LogP contribution in [0.15, 0.2) is 41.8 Å². The Bertz CT molecular complexity index is 529. The second-order valence-corrected chi connectivity index (χ2v) is 6.32. The second-order valence-electron chi connectivity index (χ2n) is 4.71. The van der Waals surface area contributed by atoms with Gasteiger partial charge in [-0.15, -0.1) is 6.58 Å². The molecule has 104 valence electrons. The predicted octanol–water partition coefficient (Wildman–Crippen LogP) is 2.29. The summed E-state index contributed by atoms with van der Waals surface area (Å²) in [4.78, 5) is 0.187. The average molecular weight is 282 g/mol. The van der Waals surface area contributed by atoms with E-state index in [-0.39, 0.29) is 23.5 Å². The number of rotatable bonds is 7. The van der Waals surface area contributed by atoms with Crippen LogP contribution in [-0.4, -0.2) is 27.7 Å². The van der Waals surface area contributed by atoms with Crippen molar-refractivity contribution in [2.75, 3.05) is 13.2 Å². The van der Waals surface area contributed by atoms with Gasteiger partial charge in [0.2, 0.25) is 0 Å². The first-order chi connectivity index (χ1) is 9.03. The molecule has 0 aromatic heterocycles. The number of allylic oxidation sites excluding steroid dienone is 1. The normalized spacial score (nSPS) is 19.9. The molecule has 0 unspecified atom stereocenters. The van der Waals surface area contributed by atoms with E-state index in [2.05, 4.69) is 6.58 Å². The van der Waals surface area contributed by atoms with Crippen molar-refractivity contribution in [3.8, 4) is 0 Å². The lowest BCUT2D eigenvalue weighted by molar-refractivity contribution is 0.217. The lowest BCUT2D eigenvalue weighted by atomic mass is 10.0. The van der Waals surface area contributed by atoms with Crippen LogP contribution in [0.5, 0.6) is 0 Å². The fourth-order valence-electron chi connectivity index (χ4n) is 1.82. The molecular weight excluding hydrogens is 264 g/mol. The highest BCUT2D eigenvalue weighted by molar-refractivity contribution is 7.86. The van der Waals surface area contributed by atoms with Crippen LogP contribution in [0.25, 0.3) is 0 Å². The molecule has 2 atom stereocenters. The van der Waals surface area contributed by atoms with Crippen LogP contribution < -0.4 is 0 Å². The number of ether oxygens (including phenoxy) is 1. The molecule has 1 aromatic carbocycles. The Hall–Kier alpha value is -1.17. The van der Waals surface area contributed by atoms with Gasteiger partial charge in [0.15, 0.2) is 0 Å². The fraction of sp³-hybridized carbons (Fsp3) is 0.429. The summed E-state index contributed by atoms with van der Waals surface area (Å²) >= 11 is 0. The van der Waals surface area contributed by atoms with Gasteiger partial charge in [-0.1, -0.05) is 23.8 Å². The number of hydrogen-bond donors (Lipinski definition) is 0. The van der Waals surface area contributed by atoms with Crippen LogP contribution in [0.3, 0.4) is 0 Å². The van der Waals surface area contributed by atoms with Gasteiger partial charge in [0.1, 0.15) is 0 Å². The fourth-order valence-corrected chi connectivity index (χ4v) is 2.78. The summed E-state index contributed by atoms with van der Waals surface area (Å²) in [6, 6.07) is 6.62. The number of epoxide rings is 1. The molecule has 1 heterocycles. The Morgan fingerprint density at radius 2 is 2.11 bits per heavy atom. The van der Waals surface area contributed by atoms with Gasteiger partial charge in [-0.2, -0.15) is 8.42 Å². The Kier molecular flexibility index (Phi) is 4.39. The van der Waals surface area contributed by atoms with Crippen LogP contribution in [-0.2, 0) is 19.0 Å². The maximum Gasteiger partial charge on any atom is 0.296 e. The highest BCUT2D eigenvalue weighted by atomic mass is 32.2. The molecule has 0 bridgehead atoms. The summed E-state index contributed by atoms with van der Waals surface area (Å²) in [7, 11) is -3.69. The molecule has 5 heteroatoms. The van der Waals surface area contributed by atoms with Crippen LogP contribution in [0, 0.1) is 12.8 Å². The van der Waals surface area contributed by atoms with E-state index in [1.807, 2.05) is 6.92 Å². The topological polar surface area (TPSA) is 55.9 Å². The molecule has 0 amide bonds. The summed E-state index contributed by atoms with van der Waals surface area (Å²) in [6.07, 6.45) is 2.55. The predicted molar refractivity (Wildman–Crippen MR) is 72.4 cm³/mol. The molecule has 0 saturated carbocycles. The minimum atomic E-state index is -3.69. The molecule has 0 N–H and O–H groups in total. The van der Waals surface area contributed by atoms with E-state index < -0.39 is 10.1 Å². The molecule has 1 fully saturated rings. The summed E-state index contributed by atoms with van der Waals surface area (Å²) in [5.41, 5.74) is 1.01. The summed E-state index contributed by atoms with van der Waals surface area (Å²) in [6.45, 7) is 6.37. The quantitative estimate of drug-likeness (QED) is 0.437. The molecule has 0 radical (unpaired) electrons. The summed E-state index contributed by atoms with van der Waals surface area (Å²) in [5.74, 6) is 0.0534. The van der Waals surface area contributed by atoms with E-state index in [4.69, 9.17) is 8.92 Å². The third-order valence-electron chi connectivity index (χ3n) is 3.10. The van der Waals surface area contributed by atoms with Crippen molar-refractivity contribution in [2.24, 2.45) is 5.92 Å². The van der Waals surface area contributed by atoms with E-state index in [0.29, 0.717) is 13.0 Å². The molecule has 1 saturated heterocycles. The van der Waals surface area contributed by atoms with Gasteiger partial charge in [0.25, 0.3) is 10.1 Å². The van der Waals surface area contributed by atoms with Crippen molar-refractivity contribution in [3.05, 3.63) is 42.5 Å². The summed E-state index contributed by atoms with van der Waals surface area (Å²) < 4.78 is 34.3. The van der Waals surface area contributed by atoms with E-state index in [0.717, 1.165) is 5.56 Å². The molecule has 0 spiro atoms. The van der Waals surface area contributed by atoms with Gasteiger partial charge in [-0.25, -0.2) is 0 Å². The lowest BCUT2D eigenvalue weighted by Crippen LogP contribution is -2.18. The third kappa shape index (κ3) is 3.89. The molecule has 1 aliphatic rings. The van der Waals surface area contributed by atoms with Crippen molar-refractivity contribution in [1.29, 1.82) is 0 Å². The molecule has 4 nitrogen and oxygen atoms in total. The molecule has 1 aliphatic heterocycles. The van der Waals surface area contributed by atoms with Crippen molar-refractivity contribution in [3.63, 3.8) is 0 Å². The minimum absolute atomic E-state index is 0.0534. The van der Waals surface area contributed by atoms with Crippen LogP contribution in [0.4, 0.5) is 0 Å². The Morgan fingerprint density at radius 1 is 1.47 bits per heavy atom. The van der Waals surface area contributed by atoms with Crippen LogP contribution in [0.2, 0.25) is 0 Å². The number of aryl methyl sites for hydroxylation is 1. The van der Waals surface area contributed by atoms with E-state index >= 15 is 0 Å². The Balaban J connectivity index is 2.00. The van der Waals surface area contributed by atoms with E-state index in [9.17, 15) is 8.42 Å². The molecule has 2 rings (SSSR count). The Morgan fingerprint density at radius 3 is 2.63 bits per heavy atom. The van der Waals surface area contributed by atoms with E-state index in [1.165, 1.54) is 0 Å². The van der Waals surface area contributed by atoms with Gasteiger partial charge in [-0.3, -0.25) is 4.18 Å². The zero-order valence-electron chi connectivity index (χ0n) is 10.9. The number of benzene rings is 1. The number of hydrogen-bond acceptors (Lipinski definition) is 4. The van der Waals surface area contributed by atoms with Crippen molar-refractivity contribution in [1.82, 2.24) is 0 Å². The van der Waals surface area contributed by atoms with Crippen molar-refractivity contribution in [2.45, 2.75) is 24.3 Å². The average Bonchev–Trinajstić information content (AvgIpc) is 3.19. The van der Waals surface area contributed by atoms with Crippen LogP contribution in [0.1, 0.15) is 12.0 Å². The SMILES string of the molecule is C=CC[C@@H](COS(=O)(=O)c1ccc(C)cc1)[C@@H]1CO1. The zero-order valence-corrected chi connectivity index (χ0v) is 11.7. The molecular formula is C14H18O4S. The molecule has 0 aliphatic carbocycles. The maximum absolute atomic E-state index is 12.0. The van der Waals surface area contributed by atoms with Crippen LogP contribution >= 0.6 is 0 Å². The maximum atomic E-state index is 12.0.